The fourth-order valence-corrected chi connectivity index (χ4v) is 1.29. The van der Waals surface area contributed by atoms with Crippen molar-refractivity contribution in [2.45, 2.75) is 48.0 Å². The SMILES string of the molecule is CC.CC(=NC1=C(C)CNCC1)C(C)C. The summed E-state index contributed by atoms with van der Waals surface area (Å²) in [6.07, 6.45) is 1.08. The van der Waals surface area contributed by atoms with Crippen molar-refractivity contribution >= 4 is 5.71 Å². The molecule has 0 atom stereocenters. The van der Waals surface area contributed by atoms with Gasteiger partial charge in [-0.05, 0) is 25.3 Å². The van der Waals surface area contributed by atoms with Crippen LogP contribution in [0.15, 0.2) is 16.3 Å². The van der Waals surface area contributed by atoms with E-state index in [4.69, 9.17) is 0 Å². The first-order valence-corrected chi connectivity index (χ1v) is 6.05. The highest BCUT2D eigenvalue weighted by Gasteiger charge is 2.08. The van der Waals surface area contributed by atoms with Gasteiger partial charge in [-0.2, -0.15) is 0 Å². The van der Waals surface area contributed by atoms with E-state index in [1.165, 1.54) is 17.0 Å². The number of hydrogen-bond donors (Lipinski definition) is 1. The van der Waals surface area contributed by atoms with E-state index in [9.17, 15) is 0 Å². The Hall–Kier alpha value is -0.630. The summed E-state index contributed by atoms with van der Waals surface area (Å²) in [6.45, 7) is 14.7. The normalized spacial score (nSPS) is 17.7. The third-order valence-corrected chi connectivity index (χ3v) is 2.57. The van der Waals surface area contributed by atoms with E-state index in [1.807, 2.05) is 13.8 Å². The molecule has 0 aromatic carbocycles. The monoisotopic (exact) mass is 210 g/mol. The smallest absolute Gasteiger partial charge is 0.0417 e. The van der Waals surface area contributed by atoms with Crippen LogP contribution >= 0.6 is 0 Å². The van der Waals surface area contributed by atoms with E-state index in [-0.39, 0.29) is 0 Å². The van der Waals surface area contributed by atoms with E-state index in [0.717, 1.165) is 19.5 Å². The molecule has 0 saturated carbocycles. The van der Waals surface area contributed by atoms with Crippen LogP contribution in [0, 0.1) is 5.92 Å². The molecule has 1 rings (SSSR count). The number of hydrogen-bond acceptors (Lipinski definition) is 2. The largest absolute Gasteiger partial charge is 0.313 e. The van der Waals surface area contributed by atoms with E-state index in [0.29, 0.717) is 5.92 Å². The van der Waals surface area contributed by atoms with Crippen molar-refractivity contribution < 1.29 is 0 Å². The molecule has 0 radical (unpaired) electrons. The van der Waals surface area contributed by atoms with Crippen LogP contribution in [-0.2, 0) is 0 Å². The molecule has 2 nitrogen and oxygen atoms in total. The van der Waals surface area contributed by atoms with Crippen molar-refractivity contribution in [2.75, 3.05) is 13.1 Å². The predicted octanol–water partition coefficient (Wildman–Crippen LogP) is 3.40. The molecule has 0 saturated heterocycles. The zero-order valence-corrected chi connectivity index (χ0v) is 11.1. The summed E-state index contributed by atoms with van der Waals surface area (Å²) in [6, 6.07) is 0. The lowest BCUT2D eigenvalue weighted by Crippen LogP contribution is -2.24. The van der Waals surface area contributed by atoms with Crippen molar-refractivity contribution in [3.05, 3.63) is 11.3 Å². The number of nitrogens with one attached hydrogen (secondary N) is 1. The Labute approximate surface area is 94.9 Å². The van der Waals surface area contributed by atoms with Gasteiger partial charge in [0.25, 0.3) is 0 Å². The second-order valence-corrected chi connectivity index (χ2v) is 4.06. The molecule has 0 aromatic heterocycles. The van der Waals surface area contributed by atoms with Gasteiger partial charge in [-0.3, -0.25) is 4.99 Å². The third kappa shape index (κ3) is 5.12. The summed E-state index contributed by atoms with van der Waals surface area (Å²) in [4.78, 5) is 4.67. The van der Waals surface area contributed by atoms with Crippen LogP contribution in [0.4, 0.5) is 0 Å². The summed E-state index contributed by atoms with van der Waals surface area (Å²) in [5.41, 5.74) is 3.94. The summed E-state index contributed by atoms with van der Waals surface area (Å²) >= 11 is 0. The van der Waals surface area contributed by atoms with Gasteiger partial charge in [-0.25, -0.2) is 0 Å². The van der Waals surface area contributed by atoms with Gasteiger partial charge in [0.15, 0.2) is 0 Å². The molecular formula is C13H26N2. The van der Waals surface area contributed by atoms with Gasteiger partial charge in [0, 0.05) is 30.9 Å². The van der Waals surface area contributed by atoms with Gasteiger partial charge in [-0.15, -0.1) is 0 Å². The average Bonchev–Trinajstić information content (AvgIpc) is 2.24. The zero-order chi connectivity index (χ0) is 11.8. The molecule has 1 aliphatic heterocycles. The van der Waals surface area contributed by atoms with Gasteiger partial charge in [-0.1, -0.05) is 27.7 Å². The molecule has 0 fully saturated rings. The first-order chi connectivity index (χ1) is 7.11. The first kappa shape index (κ1) is 14.4. The summed E-state index contributed by atoms with van der Waals surface area (Å²) < 4.78 is 0. The van der Waals surface area contributed by atoms with Gasteiger partial charge in [0.05, 0.1) is 0 Å². The summed E-state index contributed by atoms with van der Waals surface area (Å²) in [5.74, 6) is 0.565. The molecule has 0 aliphatic carbocycles. The first-order valence-electron chi connectivity index (χ1n) is 6.05. The fraction of sp³-hybridized carbons (Fsp3) is 0.769. The zero-order valence-electron chi connectivity index (χ0n) is 11.1. The predicted molar refractivity (Wildman–Crippen MR) is 69.5 cm³/mol. The van der Waals surface area contributed by atoms with Gasteiger partial charge < -0.3 is 5.32 Å². The third-order valence-electron chi connectivity index (χ3n) is 2.57. The Morgan fingerprint density at radius 3 is 2.40 bits per heavy atom. The Morgan fingerprint density at radius 2 is 1.93 bits per heavy atom. The van der Waals surface area contributed by atoms with Crippen molar-refractivity contribution in [3.63, 3.8) is 0 Å². The van der Waals surface area contributed by atoms with Crippen LogP contribution in [-0.4, -0.2) is 18.8 Å². The minimum Gasteiger partial charge on any atom is -0.313 e. The van der Waals surface area contributed by atoms with Crippen LogP contribution < -0.4 is 5.32 Å². The molecule has 0 amide bonds. The molecule has 15 heavy (non-hydrogen) atoms. The molecule has 0 spiro atoms. The van der Waals surface area contributed by atoms with Crippen LogP contribution in [0.5, 0.6) is 0 Å². The highest BCUT2D eigenvalue weighted by Crippen LogP contribution is 2.14. The Kier molecular flexibility index (Phi) is 7.31. The number of nitrogens with zero attached hydrogens (tertiary/aromatic N) is 1. The highest BCUT2D eigenvalue weighted by atomic mass is 14.9. The van der Waals surface area contributed by atoms with Crippen LogP contribution in [0.1, 0.15) is 48.0 Å². The lowest BCUT2D eigenvalue weighted by Gasteiger charge is -2.16. The minimum absolute atomic E-state index is 0.565. The van der Waals surface area contributed by atoms with E-state index >= 15 is 0 Å². The number of aliphatic imine (C=N–C) groups is 1. The van der Waals surface area contributed by atoms with Gasteiger partial charge in [0.2, 0.25) is 0 Å². The Morgan fingerprint density at radius 1 is 1.33 bits per heavy atom. The van der Waals surface area contributed by atoms with E-state index in [2.05, 4.69) is 38.0 Å². The lowest BCUT2D eigenvalue weighted by atomic mass is 10.1. The topological polar surface area (TPSA) is 24.4 Å². The molecule has 0 bridgehead atoms. The lowest BCUT2D eigenvalue weighted by molar-refractivity contribution is 0.670. The van der Waals surface area contributed by atoms with Crippen molar-refractivity contribution in [3.8, 4) is 0 Å². The second kappa shape index (κ2) is 7.63. The summed E-state index contributed by atoms with van der Waals surface area (Å²) in [7, 11) is 0. The second-order valence-electron chi connectivity index (χ2n) is 4.06. The van der Waals surface area contributed by atoms with E-state index < -0.39 is 0 Å². The Bertz CT molecular complexity index is 237. The van der Waals surface area contributed by atoms with Crippen LogP contribution in [0.25, 0.3) is 0 Å². The molecule has 88 valence electrons. The van der Waals surface area contributed by atoms with Gasteiger partial charge >= 0.3 is 0 Å². The summed E-state index contributed by atoms with van der Waals surface area (Å²) in [5, 5.41) is 3.34. The molecule has 1 aliphatic rings. The fourth-order valence-electron chi connectivity index (χ4n) is 1.29. The Balaban J connectivity index is 0.000000921. The molecule has 0 aromatic rings. The van der Waals surface area contributed by atoms with Crippen LogP contribution in [0.3, 0.4) is 0 Å². The quantitative estimate of drug-likeness (QED) is 0.694. The minimum atomic E-state index is 0.565. The van der Waals surface area contributed by atoms with Gasteiger partial charge in [0.1, 0.15) is 0 Å². The van der Waals surface area contributed by atoms with E-state index in [1.54, 1.807) is 0 Å². The van der Waals surface area contributed by atoms with Crippen molar-refractivity contribution in [1.82, 2.24) is 5.32 Å². The average molecular weight is 210 g/mol. The molecule has 1 heterocycles. The maximum absolute atomic E-state index is 4.67. The maximum Gasteiger partial charge on any atom is 0.0417 e. The highest BCUT2D eigenvalue weighted by molar-refractivity contribution is 5.84. The molecule has 0 unspecified atom stereocenters. The molecule has 2 heteroatoms. The van der Waals surface area contributed by atoms with Crippen molar-refractivity contribution in [1.29, 1.82) is 0 Å². The van der Waals surface area contributed by atoms with Crippen molar-refractivity contribution in [2.24, 2.45) is 10.9 Å². The molecular weight excluding hydrogens is 184 g/mol. The molecule has 1 N–H and O–H groups in total. The maximum atomic E-state index is 4.67. The number of rotatable bonds is 2. The van der Waals surface area contributed by atoms with Crippen LogP contribution in [0.2, 0.25) is 0 Å². The standard InChI is InChI=1S/C11H20N2.C2H6/c1-8(2)10(4)13-11-5-6-12-7-9(11)3;1-2/h8,12H,5-7H2,1-4H3;1-2H3.